The first kappa shape index (κ1) is 18.5. The summed E-state index contributed by atoms with van der Waals surface area (Å²) in [5, 5.41) is 21.4. The van der Waals surface area contributed by atoms with E-state index >= 15 is 0 Å². The van der Waals surface area contributed by atoms with E-state index in [0.717, 1.165) is 23.6 Å². The summed E-state index contributed by atoms with van der Waals surface area (Å²) in [7, 11) is 1.91. The molecule has 1 amide bonds. The minimum Gasteiger partial charge on any atom is -0.393 e. The van der Waals surface area contributed by atoms with Gasteiger partial charge >= 0.3 is 0 Å². The summed E-state index contributed by atoms with van der Waals surface area (Å²) >= 11 is 0. The van der Waals surface area contributed by atoms with Crippen molar-refractivity contribution in [3.05, 3.63) is 41.2 Å². The van der Waals surface area contributed by atoms with Crippen molar-refractivity contribution in [3.8, 4) is 0 Å². The van der Waals surface area contributed by atoms with Crippen LogP contribution >= 0.6 is 0 Å². The number of rotatable bonds is 5. The highest BCUT2D eigenvalue weighted by Crippen LogP contribution is 2.37. The first-order chi connectivity index (χ1) is 12.4. The normalized spacial score (nSPS) is 22.8. The summed E-state index contributed by atoms with van der Waals surface area (Å²) in [6.45, 7) is 6.46. The first-order valence-corrected chi connectivity index (χ1v) is 9.14. The van der Waals surface area contributed by atoms with Crippen LogP contribution in [0.4, 0.5) is 0 Å². The van der Waals surface area contributed by atoms with E-state index in [1.54, 1.807) is 6.33 Å². The molecule has 3 atom stereocenters. The Kier molecular flexibility index (Phi) is 5.36. The molecule has 2 N–H and O–H groups in total. The molecule has 0 radical (unpaired) electrons. The number of amides is 1. The highest BCUT2D eigenvalue weighted by atomic mass is 16.3. The average molecular weight is 357 g/mol. The lowest BCUT2D eigenvalue weighted by Gasteiger charge is -2.16. The fraction of sp³-hybridized carbons (Fsp3) is 0.579. The van der Waals surface area contributed by atoms with Gasteiger partial charge in [0.05, 0.1) is 17.4 Å². The Labute approximate surface area is 153 Å². The Morgan fingerprint density at radius 2 is 2.15 bits per heavy atom. The highest BCUT2D eigenvalue weighted by Gasteiger charge is 2.36. The maximum atomic E-state index is 12.5. The van der Waals surface area contributed by atoms with Gasteiger partial charge in [-0.25, -0.2) is 0 Å². The van der Waals surface area contributed by atoms with E-state index in [1.165, 1.54) is 0 Å². The molecule has 0 aromatic carbocycles. The summed E-state index contributed by atoms with van der Waals surface area (Å²) in [5.74, 6) is 1.27. The van der Waals surface area contributed by atoms with E-state index in [-0.39, 0.29) is 17.7 Å². The standard InChI is InChI=1S/C19H27N5O2/c1-11(2)16-6-5-15(12(3)22-16)19(26)20-9-14-7-13(8-17(14)25)18-23-21-10-24(18)4/h5-6,10-11,13-14,17,25H,7-9H2,1-4H3,(H,20,26)/t13-,14+,17+/m0/s1. The van der Waals surface area contributed by atoms with Gasteiger partial charge in [0.1, 0.15) is 12.2 Å². The molecule has 0 spiro atoms. The van der Waals surface area contributed by atoms with Crippen molar-refractivity contribution in [1.82, 2.24) is 25.1 Å². The van der Waals surface area contributed by atoms with Gasteiger partial charge in [-0.15, -0.1) is 10.2 Å². The Balaban J connectivity index is 1.60. The maximum Gasteiger partial charge on any atom is 0.253 e. The second-order valence-electron chi connectivity index (χ2n) is 7.53. The molecule has 0 unspecified atom stereocenters. The highest BCUT2D eigenvalue weighted by molar-refractivity contribution is 5.95. The van der Waals surface area contributed by atoms with E-state index in [9.17, 15) is 9.90 Å². The minimum atomic E-state index is -0.445. The third-order valence-electron chi connectivity index (χ3n) is 5.24. The van der Waals surface area contributed by atoms with Crippen LogP contribution in [0.5, 0.6) is 0 Å². The predicted octanol–water partition coefficient (Wildman–Crippen LogP) is 1.93. The molecule has 1 fully saturated rings. The average Bonchev–Trinajstić information content (AvgIpc) is 3.17. The summed E-state index contributed by atoms with van der Waals surface area (Å²) < 4.78 is 1.89. The number of hydrogen-bond donors (Lipinski definition) is 2. The van der Waals surface area contributed by atoms with Crippen molar-refractivity contribution in [2.45, 2.75) is 51.6 Å². The van der Waals surface area contributed by atoms with E-state index in [4.69, 9.17) is 0 Å². The number of carbonyl (C=O) groups excluding carboxylic acids is 1. The number of aryl methyl sites for hydroxylation is 2. The second-order valence-corrected chi connectivity index (χ2v) is 7.53. The first-order valence-electron chi connectivity index (χ1n) is 9.14. The zero-order valence-electron chi connectivity index (χ0n) is 15.8. The Bertz CT molecular complexity index is 786. The van der Waals surface area contributed by atoms with Crippen molar-refractivity contribution >= 4 is 5.91 Å². The van der Waals surface area contributed by atoms with E-state index in [2.05, 4.69) is 34.3 Å². The lowest BCUT2D eigenvalue weighted by atomic mass is 10.0. The molecular formula is C19H27N5O2. The van der Waals surface area contributed by atoms with Crippen LogP contribution in [-0.2, 0) is 7.05 Å². The molecule has 0 saturated heterocycles. The van der Waals surface area contributed by atoms with E-state index in [0.29, 0.717) is 24.4 Å². The lowest BCUT2D eigenvalue weighted by Crippen LogP contribution is -2.33. The Morgan fingerprint density at radius 3 is 2.77 bits per heavy atom. The molecule has 1 aliphatic rings. The van der Waals surface area contributed by atoms with E-state index < -0.39 is 6.10 Å². The fourth-order valence-electron chi connectivity index (χ4n) is 3.66. The summed E-state index contributed by atoms with van der Waals surface area (Å²) in [6, 6.07) is 3.74. The second kappa shape index (κ2) is 7.53. The molecule has 2 aromatic rings. The molecule has 2 heterocycles. The summed E-state index contributed by atoms with van der Waals surface area (Å²) in [6.07, 6.45) is 2.67. The van der Waals surface area contributed by atoms with Crippen LogP contribution in [0.25, 0.3) is 0 Å². The summed E-state index contributed by atoms with van der Waals surface area (Å²) in [4.78, 5) is 17.0. The third-order valence-corrected chi connectivity index (χ3v) is 5.24. The molecule has 0 bridgehead atoms. The number of aliphatic hydroxyl groups excluding tert-OH is 1. The van der Waals surface area contributed by atoms with Gasteiger partial charge in [0.15, 0.2) is 0 Å². The Hall–Kier alpha value is -2.28. The van der Waals surface area contributed by atoms with Crippen LogP contribution in [-0.4, -0.2) is 43.4 Å². The number of carbonyl (C=O) groups is 1. The molecule has 1 aliphatic carbocycles. The van der Waals surface area contributed by atoms with Crippen molar-refractivity contribution < 1.29 is 9.90 Å². The van der Waals surface area contributed by atoms with Gasteiger partial charge < -0.3 is 15.0 Å². The van der Waals surface area contributed by atoms with Crippen molar-refractivity contribution in [1.29, 1.82) is 0 Å². The van der Waals surface area contributed by atoms with Gasteiger partial charge in [-0.1, -0.05) is 13.8 Å². The van der Waals surface area contributed by atoms with Crippen molar-refractivity contribution in [2.24, 2.45) is 13.0 Å². The third kappa shape index (κ3) is 3.77. The number of nitrogens with one attached hydrogen (secondary N) is 1. The molecule has 0 aliphatic heterocycles. The van der Waals surface area contributed by atoms with Gasteiger partial charge in [-0.2, -0.15) is 0 Å². The van der Waals surface area contributed by atoms with E-state index in [1.807, 2.05) is 30.7 Å². The van der Waals surface area contributed by atoms with Crippen molar-refractivity contribution in [2.75, 3.05) is 6.54 Å². The maximum absolute atomic E-state index is 12.5. The molecular weight excluding hydrogens is 330 g/mol. The van der Waals surface area contributed by atoms with Gasteiger partial charge in [0, 0.05) is 31.1 Å². The van der Waals surface area contributed by atoms with Crippen LogP contribution in [0.1, 0.15) is 66.1 Å². The predicted molar refractivity (Wildman–Crippen MR) is 97.9 cm³/mol. The number of aliphatic hydroxyl groups is 1. The molecule has 2 aromatic heterocycles. The van der Waals surface area contributed by atoms with Gasteiger partial charge in [0.2, 0.25) is 0 Å². The van der Waals surface area contributed by atoms with Crippen molar-refractivity contribution in [3.63, 3.8) is 0 Å². The van der Waals surface area contributed by atoms with Crippen LogP contribution in [0, 0.1) is 12.8 Å². The molecule has 26 heavy (non-hydrogen) atoms. The zero-order chi connectivity index (χ0) is 18.8. The van der Waals surface area contributed by atoms with Crippen LogP contribution in [0.2, 0.25) is 0 Å². The quantitative estimate of drug-likeness (QED) is 0.853. The van der Waals surface area contributed by atoms with Crippen LogP contribution in [0.3, 0.4) is 0 Å². The molecule has 140 valence electrons. The lowest BCUT2D eigenvalue weighted by molar-refractivity contribution is 0.0915. The number of nitrogens with zero attached hydrogens (tertiary/aromatic N) is 4. The number of hydrogen-bond acceptors (Lipinski definition) is 5. The molecule has 1 saturated carbocycles. The SMILES string of the molecule is Cc1nc(C(C)C)ccc1C(=O)NC[C@H]1C[C@H](c2nncn2C)C[C@H]1O. The van der Waals surface area contributed by atoms with Gasteiger partial charge in [-0.3, -0.25) is 9.78 Å². The topological polar surface area (TPSA) is 92.9 Å². The van der Waals surface area contributed by atoms with Crippen LogP contribution in [0.15, 0.2) is 18.5 Å². The Morgan fingerprint density at radius 1 is 1.38 bits per heavy atom. The van der Waals surface area contributed by atoms with Crippen LogP contribution < -0.4 is 5.32 Å². The minimum absolute atomic E-state index is 0.0175. The number of aromatic nitrogens is 4. The zero-order valence-corrected chi connectivity index (χ0v) is 15.8. The molecule has 7 nitrogen and oxygen atoms in total. The largest absolute Gasteiger partial charge is 0.393 e. The molecule has 3 rings (SSSR count). The van der Waals surface area contributed by atoms with Gasteiger partial charge in [0.25, 0.3) is 5.91 Å². The van der Waals surface area contributed by atoms with Gasteiger partial charge in [-0.05, 0) is 37.8 Å². The smallest absolute Gasteiger partial charge is 0.253 e. The number of pyridine rings is 1. The fourth-order valence-corrected chi connectivity index (χ4v) is 3.66. The molecule has 7 heteroatoms. The monoisotopic (exact) mass is 357 g/mol. The summed E-state index contributed by atoms with van der Waals surface area (Å²) in [5.41, 5.74) is 2.31.